The van der Waals surface area contributed by atoms with Gasteiger partial charge in [0.1, 0.15) is 0 Å². The van der Waals surface area contributed by atoms with E-state index < -0.39 is 0 Å². The molecule has 0 radical (unpaired) electrons. The van der Waals surface area contributed by atoms with Crippen LogP contribution in [0.25, 0.3) is 0 Å². The summed E-state index contributed by atoms with van der Waals surface area (Å²) in [4.78, 5) is 0. The quantitative estimate of drug-likeness (QED) is 0.458. The third-order valence-electron chi connectivity index (χ3n) is 7.50. The molecule has 0 heterocycles. The van der Waals surface area contributed by atoms with Crippen LogP contribution in [0.2, 0.25) is 0 Å². The zero-order valence-electron chi connectivity index (χ0n) is 20.6. The molecule has 0 N–H and O–H groups in total. The van der Waals surface area contributed by atoms with Crippen LogP contribution in [-0.2, 0) is 0 Å². The Bertz CT molecular complexity index is 438. The fraction of sp³-hybridized carbons (Fsp3) is 0.846. The van der Waals surface area contributed by atoms with Gasteiger partial charge in [-0.1, -0.05) is 80.4 Å². The standard InChI is InChI=1S/C16H28.C10H22/c1-9(2)15-13(7)11(5)12(6)14(8)16(15)10(3)4;1-7(2)9(5)10(6)8(3)4/h9-10,15-16H,1-8H3;7-10H,1-6H3. The van der Waals surface area contributed by atoms with Gasteiger partial charge in [-0.05, 0) is 86.2 Å². The van der Waals surface area contributed by atoms with Crippen molar-refractivity contribution < 1.29 is 0 Å². The van der Waals surface area contributed by atoms with Crippen LogP contribution in [-0.4, -0.2) is 0 Å². The normalized spacial score (nSPS) is 23.8. The summed E-state index contributed by atoms with van der Waals surface area (Å²) in [5.74, 6) is 6.35. The SMILES string of the molecule is CC(C)C(C)C(C)C(C)C.CC1=C(C)C(C(C)C)C(C(C)C)C(C)=C1C. The van der Waals surface area contributed by atoms with Crippen LogP contribution in [0.5, 0.6) is 0 Å². The molecule has 4 unspecified atom stereocenters. The van der Waals surface area contributed by atoms with Gasteiger partial charge in [-0.15, -0.1) is 0 Å². The molecule has 0 aliphatic heterocycles. The Balaban J connectivity index is 0.000000541. The Labute approximate surface area is 166 Å². The molecule has 1 rings (SSSR count). The summed E-state index contributed by atoms with van der Waals surface area (Å²) in [5.41, 5.74) is 6.31. The van der Waals surface area contributed by atoms with Gasteiger partial charge in [0.25, 0.3) is 0 Å². The lowest BCUT2D eigenvalue weighted by atomic mass is 9.65. The minimum atomic E-state index is 0.740. The van der Waals surface area contributed by atoms with Crippen molar-refractivity contribution >= 4 is 0 Å². The second kappa shape index (κ2) is 10.7. The molecule has 0 nitrogen and oxygen atoms in total. The van der Waals surface area contributed by atoms with Crippen LogP contribution < -0.4 is 0 Å². The average molecular weight is 363 g/mol. The van der Waals surface area contributed by atoms with Gasteiger partial charge in [-0.2, -0.15) is 0 Å². The first kappa shape index (κ1) is 25.5. The molecule has 0 bridgehead atoms. The van der Waals surface area contributed by atoms with E-state index in [0.29, 0.717) is 0 Å². The van der Waals surface area contributed by atoms with E-state index in [2.05, 4.69) is 96.9 Å². The third kappa shape index (κ3) is 6.28. The largest absolute Gasteiger partial charge is 0.0662 e. The maximum atomic E-state index is 2.37. The summed E-state index contributed by atoms with van der Waals surface area (Å²) in [6.45, 7) is 32.7. The third-order valence-corrected chi connectivity index (χ3v) is 7.50. The van der Waals surface area contributed by atoms with Crippen molar-refractivity contribution in [2.75, 3.05) is 0 Å². The zero-order chi connectivity index (χ0) is 20.9. The average Bonchev–Trinajstić information content (AvgIpc) is 2.54. The van der Waals surface area contributed by atoms with Crippen molar-refractivity contribution in [1.82, 2.24) is 0 Å². The summed E-state index contributed by atoms with van der Waals surface area (Å²) >= 11 is 0. The molecule has 4 atom stereocenters. The Morgan fingerprint density at radius 1 is 0.462 bits per heavy atom. The van der Waals surface area contributed by atoms with E-state index in [0.717, 1.165) is 47.3 Å². The van der Waals surface area contributed by atoms with Crippen molar-refractivity contribution in [1.29, 1.82) is 0 Å². The smallest absolute Gasteiger partial charge is 0.0109 e. The minimum Gasteiger partial charge on any atom is -0.0662 e. The lowest BCUT2D eigenvalue weighted by molar-refractivity contribution is 0.235. The second-order valence-electron chi connectivity index (χ2n) is 10.4. The molecule has 0 saturated carbocycles. The maximum Gasteiger partial charge on any atom is -0.0109 e. The van der Waals surface area contributed by atoms with Crippen molar-refractivity contribution in [2.45, 2.75) is 96.9 Å². The molecular formula is C26H50. The summed E-state index contributed by atoms with van der Waals surface area (Å²) in [5, 5.41) is 0. The Morgan fingerprint density at radius 2 is 0.692 bits per heavy atom. The van der Waals surface area contributed by atoms with Crippen LogP contribution in [0.1, 0.15) is 96.9 Å². The lowest BCUT2D eigenvalue weighted by Crippen LogP contribution is -2.30. The van der Waals surface area contributed by atoms with Crippen LogP contribution in [0.3, 0.4) is 0 Å². The molecule has 0 spiro atoms. The van der Waals surface area contributed by atoms with Gasteiger partial charge in [-0.25, -0.2) is 0 Å². The zero-order valence-corrected chi connectivity index (χ0v) is 20.6. The van der Waals surface area contributed by atoms with Crippen LogP contribution >= 0.6 is 0 Å². The Morgan fingerprint density at radius 3 is 0.846 bits per heavy atom. The van der Waals surface area contributed by atoms with Crippen molar-refractivity contribution in [3.05, 3.63) is 22.3 Å². The summed E-state index contributed by atoms with van der Waals surface area (Å²) in [6.07, 6.45) is 0. The number of hydrogen-bond donors (Lipinski definition) is 0. The molecule has 0 heteroatoms. The summed E-state index contributed by atoms with van der Waals surface area (Å²) in [7, 11) is 0. The van der Waals surface area contributed by atoms with E-state index in [1.54, 1.807) is 11.1 Å². The molecular weight excluding hydrogens is 312 g/mol. The van der Waals surface area contributed by atoms with Crippen LogP contribution in [0.15, 0.2) is 22.3 Å². The van der Waals surface area contributed by atoms with E-state index in [-0.39, 0.29) is 0 Å². The number of allylic oxidation sites excluding steroid dienone is 4. The van der Waals surface area contributed by atoms with E-state index in [1.807, 2.05) is 0 Å². The van der Waals surface area contributed by atoms with E-state index in [4.69, 9.17) is 0 Å². The first-order valence-corrected chi connectivity index (χ1v) is 11.1. The highest BCUT2D eigenvalue weighted by atomic mass is 14.4. The van der Waals surface area contributed by atoms with Gasteiger partial charge >= 0.3 is 0 Å². The summed E-state index contributed by atoms with van der Waals surface area (Å²) < 4.78 is 0. The van der Waals surface area contributed by atoms with Gasteiger partial charge in [0.2, 0.25) is 0 Å². The fourth-order valence-corrected chi connectivity index (χ4v) is 4.67. The maximum absolute atomic E-state index is 2.37. The van der Waals surface area contributed by atoms with Gasteiger partial charge in [-0.3, -0.25) is 0 Å². The molecule has 0 saturated heterocycles. The molecule has 0 aromatic rings. The molecule has 1 aliphatic carbocycles. The first-order valence-electron chi connectivity index (χ1n) is 11.1. The minimum absolute atomic E-state index is 0.740. The highest BCUT2D eigenvalue weighted by Gasteiger charge is 2.34. The van der Waals surface area contributed by atoms with Gasteiger partial charge in [0, 0.05) is 0 Å². The molecule has 0 aromatic heterocycles. The molecule has 26 heavy (non-hydrogen) atoms. The highest BCUT2D eigenvalue weighted by molar-refractivity contribution is 5.42. The summed E-state index contributed by atoms with van der Waals surface area (Å²) in [6, 6.07) is 0. The van der Waals surface area contributed by atoms with Crippen molar-refractivity contribution in [3.8, 4) is 0 Å². The Kier molecular flexibility index (Phi) is 10.5. The van der Waals surface area contributed by atoms with E-state index >= 15 is 0 Å². The highest BCUT2D eigenvalue weighted by Crippen LogP contribution is 2.45. The first-order chi connectivity index (χ1) is 11.7. The predicted octanol–water partition coefficient (Wildman–Crippen LogP) is 8.79. The van der Waals surface area contributed by atoms with Gasteiger partial charge < -0.3 is 0 Å². The fourth-order valence-electron chi connectivity index (χ4n) is 4.67. The van der Waals surface area contributed by atoms with Crippen molar-refractivity contribution in [2.24, 2.45) is 47.3 Å². The predicted molar refractivity (Wildman–Crippen MR) is 121 cm³/mol. The van der Waals surface area contributed by atoms with E-state index in [1.165, 1.54) is 11.1 Å². The van der Waals surface area contributed by atoms with Crippen molar-refractivity contribution in [3.63, 3.8) is 0 Å². The molecule has 1 aliphatic rings. The number of rotatable bonds is 5. The van der Waals surface area contributed by atoms with E-state index in [9.17, 15) is 0 Å². The number of hydrogen-bond acceptors (Lipinski definition) is 0. The lowest BCUT2D eigenvalue weighted by Gasteiger charge is -2.40. The van der Waals surface area contributed by atoms with Gasteiger partial charge in [0.05, 0.1) is 0 Å². The molecule has 0 aromatic carbocycles. The van der Waals surface area contributed by atoms with Crippen LogP contribution in [0, 0.1) is 47.3 Å². The topological polar surface area (TPSA) is 0 Å². The monoisotopic (exact) mass is 362 g/mol. The molecule has 0 fully saturated rings. The molecule has 0 amide bonds. The second-order valence-corrected chi connectivity index (χ2v) is 10.4. The molecule has 154 valence electrons. The Hall–Kier alpha value is -0.520. The van der Waals surface area contributed by atoms with Gasteiger partial charge in [0.15, 0.2) is 0 Å². The van der Waals surface area contributed by atoms with Crippen LogP contribution in [0.4, 0.5) is 0 Å².